The Balaban J connectivity index is 1.27. The molecule has 8 heteroatoms. The molecule has 1 heterocycles. The van der Waals surface area contributed by atoms with Crippen LogP contribution < -0.4 is 26.0 Å². The molecule has 0 radical (unpaired) electrons. The molecule has 4 N–H and O–H groups in total. The number of nitrogen functional groups attached to an aromatic ring is 1. The molecule has 2 atom stereocenters. The van der Waals surface area contributed by atoms with E-state index in [1.807, 2.05) is 4.90 Å². The second-order valence-electron chi connectivity index (χ2n) is 7.23. The van der Waals surface area contributed by atoms with Crippen LogP contribution in [0.15, 0.2) is 36.4 Å². The number of carbonyl (C=O) groups excluding carboxylic acids is 1. The molecular weight excluding hydrogens is 366 g/mol. The topological polar surface area (TPSA) is 79.6 Å². The van der Waals surface area contributed by atoms with Crippen molar-refractivity contribution in [1.82, 2.24) is 5.32 Å². The lowest BCUT2D eigenvalue weighted by Gasteiger charge is -2.23. The van der Waals surface area contributed by atoms with Crippen LogP contribution in [-0.2, 0) is 4.79 Å². The summed E-state index contributed by atoms with van der Waals surface area (Å²) in [6.07, 6.45) is 0. The molecular formula is C20H22F2N4O2. The van der Waals surface area contributed by atoms with Crippen LogP contribution in [0.5, 0.6) is 5.75 Å². The summed E-state index contributed by atoms with van der Waals surface area (Å²) in [5.74, 6) is -0.0319. The Hall–Kier alpha value is -3.03. The van der Waals surface area contributed by atoms with E-state index in [1.165, 1.54) is 12.1 Å². The van der Waals surface area contributed by atoms with Gasteiger partial charge in [0.25, 0.3) is 0 Å². The van der Waals surface area contributed by atoms with E-state index >= 15 is 0 Å². The van der Waals surface area contributed by atoms with Crippen LogP contribution in [-0.4, -0.2) is 38.7 Å². The van der Waals surface area contributed by atoms with Crippen LogP contribution in [0.1, 0.15) is 0 Å². The van der Waals surface area contributed by atoms with Gasteiger partial charge in [-0.2, -0.15) is 0 Å². The van der Waals surface area contributed by atoms with Gasteiger partial charge in [0.15, 0.2) is 0 Å². The lowest BCUT2D eigenvalue weighted by molar-refractivity contribution is -0.119. The van der Waals surface area contributed by atoms with Crippen molar-refractivity contribution in [1.29, 1.82) is 0 Å². The number of hydrogen-bond acceptors (Lipinski definition) is 5. The number of halogens is 2. The third-order valence-corrected chi connectivity index (χ3v) is 5.47. The Bertz CT molecular complexity index is 896. The minimum atomic E-state index is -0.583. The zero-order valence-electron chi connectivity index (χ0n) is 15.4. The van der Waals surface area contributed by atoms with Crippen molar-refractivity contribution < 1.29 is 18.3 Å². The van der Waals surface area contributed by atoms with Crippen LogP contribution in [0.3, 0.4) is 0 Å². The number of anilines is 3. The average Bonchev–Trinajstić information content (AvgIpc) is 3.10. The molecule has 1 aliphatic carbocycles. The lowest BCUT2D eigenvalue weighted by atomic mass is 10.2. The third kappa shape index (κ3) is 3.54. The maximum Gasteiger partial charge on any atom is 0.239 e. The molecule has 2 unspecified atom stereocenters. The molecule has 1 saturated carbocycles. The summed E-state index contributed by atoms with van der Waals surface area (Å²) in [5.41, 5.74) is 7.49. The first-order valence-electron chi connectivity index (χ1n) is 9.13. The molecule has 6 nitrogen and oxygen atoms in total. The van der Waals surface area contributed by atoms with Crippen molar-refractivity contribution in [3.8, 4) is 5.75 Å². The zero-order valence-corrected chi connectivity index (χ0v) is 15.4. The highest BCUT2D eigenvalue weighted by Crippen LogP contribution is 2.47. The number of hydrogen-bond donors (Lipinski definition) is 3. The molecule has 0 aromatic heterocycles. The molecule has 1 amide bonds. The second kappa shape index (κ2) is 7.18. The molecule has 1 aliphatic heterocycles. The standard InChI is InChI=1S/C20H22F2N4O2/c1-28-12-3-4-16(23)17(7-12)24-8-19(27)25-20-13-9-26(10-14(13)20)18-5-2-11(21)6-15(18)22/h2-7,13-14,20,24H,8-10,23H2,1H3,(H,25,27). The van der Waals surface area contributed by atoms with Gasteiger partial charge in [0.1, 0.15) is 17.4 Å². The van der Waals surface area contributed by atoms with E-state index in [-0.39, 0.29) is 30.3 Å². The summed E-state index contributed by atoms with van der Waals surface area (Å²) < 4.78 is 32.1. The van der Waals surface area contributed by atoms with E-state index in [1.54, 1.807) is 25.3 Å². The number of benzene rings is 2. The van der Waals surface area contributed by atoms with Crippen LogP contribution in [0.25, 0.3) is 0 Å². The highest BCUT2D eigenvalue weighted by atomic mass is 19.1. The number of amides is 1. The van der Waals surface area contributed by atoms with Gasteiger partial charge in [0.2, 0.25) is 5.91 Å². The number of nitrogens with zero attached hydrogens (tertiary/aromatic N) is 1. The van der Waals surface area contributed by atoms with E-state index in [4.69, 9.17) is 10.5 Å². The fraction of sp³-hybridized carbons (Fsp3) is 0.350. The van der Waals surface area contributed by atoms with Crippen LogP contribution in [0.2, 0.25) is 0 Å². The predicted octanol–water partition coefficient (Wildman–Crippen LogP) is 2.22. The molecule has 2 aromatic carbocycles. The van der Waals surface area contributed by atoms with Crippen LogP contribution >= 0.6 is 0 Å². The first kappa shape index (κ1) is 18.3. The van der Waals surface area contributed by atoms with Crippen molar-refractivity contribution >= 4 is 23.0 Å². The van der Waals surface area contributed by atoms with E-state index in [0.29, 0.717) is 35.9 Å². The van der Waals surface area contributed by atoms with Crippen LogP contribution in [0, 0.1) is 23.5 Å². The van der Waals surface area contributed by atoms with Gasteiger partial charge in [-0.15, -0.1) is 0 Å². The van der Waals surface area contributed by atoms with Gasteiger partial charge in [-0.3, -0.25) is 4.79 Å². The lowest BCUT2D eigenvalue weighted by Crippen LogP contribution is -2.37. The van der Waals surface area contributed by atoms with Gasteiger partial charge in [0, 0.05) is 43.1 Å². The summed E-state index contributed by atoms with van der Waals surface area (Å²) >= 11 is 0. The van der Waals surface area contributed by atoms with Gasteiger partial charge in [0.05, 0.1) is 30.7 Å². The van der Waals surface area contributed by atoms with E-state index in [2.05, 4.69) is 10.6 Å². The Kier molecular flexibility index (Phi) is 4.70. The minimum Gasteiger partial charge on any atom is -0.497 e. The number of ether oxygens (including phenoxy) is 1. The van der Waals surface area contributed by atoms with Gasteiger partial charge >= 0.3 is 0 Å². The van der Waals surface area contributed by atoms with Gasteiger partial charge < -0.3 is 26.0 Å². The van der Waals surface area contributed by atoms with E-state index < -0.39 is 11.6 Å². The Morgan fingerprint density at radius 2 is 1.96 bits per heavy atom. The number of nitrogens with two attached hydrogens (primary N) is 1. The number of rotatable bonds is 6. The van der Waals surface area contributed by atoms with Crippen molar-refractivity contribution in [2.24, 2.45) is 11.8 Å². The Morgan fingerprint density at radius 3 is 2.64 bits per heavy atom. The Morgan fingerprint density at radius 1 is 1.21 bits per heavy atom. The van der Waals surface area contributed by atoms with Gasteiger partial charge in [-0.1, -0.05) is 0 Å². The Labute approximate surface area is 161 Å². The fourth-order valence-corrected chi connectivity index (χ4v) is 3.90. The molecule has 2 aliphatic rings. The molecule has 0 spiro atoms. The third-order valence-electron chi connectivity index (χ3n) is 5.47. The molecule has 2 fully saturated rings. The highest BCUT2D eigenvalue weighted by Gasteiger charge is 2.56. The molecule has 0 bridgehead atoms. The molecule has 4 rings (SSSR count). The van der Waals surface area contributed by atoms with Crippen molar-refractivity contribution in [2.75, 3.05) is 42.7 Å². The maximum atomic E-state index is 13.9. The fourth-order valence-electron chi connectivity index (χ4n) is 3.90. The number of fused-ring (bicyclic) bond motifs is 1. The minimum absolute atomic E-state index is 0.0942. The van der Waals surface area contributed by atoms with Crippen molar-refractivity contribution in [3.05, 3.63) is 48.0 Å². The molecule has 2 aromatic rings. The summed E-state index contributed by atoms with van der Waals surface area (Å²) in [6, 6.07) is 8.92. The van der Waals surface area contributed by atoms with Crippen LogP contribution in [0.4, 0.5) is 25.8 Å². The predicted molar refractivity (Wildman–Crippen MR) is 103 cm³/mol. The normalized spacial score (nSPS) is 22.5. The van der Waals surface area contributed by atoms with Crippen molar-refractivity contribution in [2.45, 2.75) is 6.04 Å². The summed E-state index contributed by atoms with van der Waals surface area (Å²) in [4.78, 5) is 14.2. The average molecular weight is 388 g/mol. The molecule has 1 saturated heterocycles. The number of nitrogens with one attached hydrogen (secondary N) is 2. The van der Waals surface area contributed by atoms with Crippen molar-refractivity contribution in [3.63, 3.8) is 0 Å². The highest BCUT2D eigenvalue weighted by molar-refractivity contribution is 5.83. The monoisotopic (exact) mass is 388 g/mol. The summed E-state index contributed by atoms with van der Waals surface area (Å²) in [7, 11) is 1.56. The first-order chi connectivity index (χ1) is 13.5. The molecule has 148 valence electrons. The second-order valence-corrected chi connectivity index (χ2v) is 7.23. The SMILES string of the molecule is COc1ccc(N)c(NCC(=O)NC2C3CN(c4ccc(F)cc4F)CC32)c1. The first-order valence-corrected chi connectivity index (χ1v) is 9.13. The quantitative estimate of drug-likeness (QED) is 0.662. The van der Waals surface area contributed by atoms with Gasteiger partial charge in [-0.05, 0) is 24.3 Å². The van der Waals surface area contributed by atoms with E-state index in [0.717, 1.165) is 6.07 Å². The number of methoxy groups -OCH3 is 1. The molecule has 28 heavy (non-hydrogen) atoms. The van der Waals surface area contributed by atoms with E-state index in [9.17, 15) is 13.6 Å². The smallest absolute Gasteiger partial charge is 0.239 e. The van der Waals surface area contributed by atoms with Gasteiger partial charge in [-0.25, -0.2) is 8.78 Å². The number of carbonyl (C=O) groups is 1. The summed E-state index contributed by atoms with van der Waals surface area (Å²) in [5, 5.41) is 6.04. The zero-order chi connectivity index (χ0) is 19.8. The number of piperidine rings is 1. The summed E-state index contributed by atoms with van der Waals surface area (Å²) in [6.45, 7) is 1.40. The maximum absolute atomic E-state index is 13.9. The largest absolute Gasteiger partial charge is 0.497 e.